The Balaban J connectivity index is 2.18. The van der Waals surface area contributed by atoms with Crippen LogP contribution in [0, 0.1) is 0 Å². The molecule has 3 N–H and O–H groups in total. The van der Waals surface area contributed by atoms with E-state index in [-0.39, 0.29) is 0 Å². The second-order valence-electron chi connectivity index (χ2n) is 3.25. The molecule has 1 aromatic carbocycles. The van der Waals surface area contributed by atoms with Crippen molar-refractivity contribution in [2.45, 2.75) is 6.42 Å². The van der Waals surface area contributed by atoms with E-state index < -0.39 is 0 Å². The van der Waals surface area contributed by atoms with Gasteiger partial charge in [0.05, 0.1) is 5.69 Å². The van der Waals surface area contributed by atoms with E-state index in [9.17, 15) is 0 Å². The summed E-state index contributed by atoms with van der Waals surface area (Å²) in [7, 11) is 1.67. The number of hydrogen-bond donors (Lipinski definition) is 2. The molecular formula is C10H14N4. The fourth-order valence-corrected chi connectivity index (χ4v) is 1.64. The maximum atomic E-state index is 5.61. The quantitative estimate of drug-likeness (QED) is 0.501. The minimum Gasteiger partial charge on any atom is -0.369 e. The number of nitrogens with one attached hydrogen (secondary N) is 1. The van der Waals surface area contributed by atoms with E-state index in [0.717, 1.165) is 13.0 Å². The summed E-state index contributed by atoms with van der Waals surface area (Å²) in [6, 6.07) is 8.30. The number of hydrogen-bond acceptors (Lipinski definition) is 2. The first kappa shape index (κ1) is 8.87. The predicted molar refractivity (Wildman–Crippen MR) is 58.2 cm³/mol. The highest BCUT2D eigenvalue weighted by atomic mass is 15.5. The third-order valence-electron chi connectivity index (χ3n) is 2.38. The number of nitrogens with zero attached hydrogens (tertiary/aromatic N) is 2. The van der Waals surface area contributed by atoms with Crippen LogP contribution in [0.5, 0.6) is 0 Å². The van der Waals surface area contributed by atoms with Gasteiger partial charge in [-0.05, 0) is 18.1 Å². The lowest BCUT2D eigenvalue weighted by molar-refractivity contribution is 0.793. The van der Waals surface area contributed by atoms with Gasteiger partial charge in [0.15, 0.2) is 0 Å². The largest absolute Gasteiger partial charge is 0.369 e. The molecule has 14 heavy (non-hydrogen) atoms. The minimum atomic E-state index is 0.446. The summed E-state index contributed by atoms with van der Waals surface area (Å²) in [6.45, 7) is 0.940. The van der Waals surface area contributed by atoms with Crippen LogP contribution in [0.1, 0.15) is 5.56 Å². The zero-order valence-electron chi connectivity index (χ0n) is 8.20. The highest BCUT2D eigenvalue weighted by Gasteiger charge is 2.18. The fourth-order valence-electron chi connectivity index (χ4n) is 1.64. The van der Waals surface area contributed by atoms with Crippen LogP contribution in [0.4, 0.5) is 5.69 Å². The van der Waals surface area contributed by atoms with Crippen molar-refractivity contribution in [1.82, 2.24) is 5.43 Å². The van der Waals surface area contributed by atoms with Crippen LogP contribution >= 0.6 is 0 Å². The molecule has 1 heterocycles. The van der Waals surface area contributed by atoms with Gasteiger partial charge in [0, 0.05) is 13.6 Å². The summed E-state index contributed by atoms with van der Waals surface area (Å²) in [4.78, 5) is 3.87. The van der Waals surface area contributed by atoms with E-state index in [2.05, 4.69) is 28.6 Å². The molecule has 0 unspecified atom stereocenters. The molecule has 0 bridgehead atoms. The number of rotatable bonds is 1. The summed E-state index contributed by atoms with van der Waals surface area (Å²) in [5.41, 5.74) is 11.2. The van der Waals surface area contributed by atoms with Crippen LogP contribution < -0.4 is 16.2 Å². The number of benzene rings is 1. The van der Waals surface area contributed by atoms with Gasteiger partial charge in [-0.15, -0.1) is 0 Å². The summed E-state index contributed by atoms with van der Waals surface area (Å²) in [5.74, 6) is 0.446. The molecule has 1 aliphatic rings. The van der Waals surface area contributed by atoms with E-state index >= 15 is 0 Å². The zero-order valence-corrected chi connectivity index (χ0v) is 8.20. The average molecular weight is 190 g/mol. The number of hydrazine groups is 1. The van der Waals surface area contributed by atoms with Crippen molar-refractivity contribution >= 4 is 11.6 Å². The normalized spacial score (nSPS) is 15.5. The molecule has 0 saturated heterocycles. The van der Waals surface area contributed by atoms with E-state index in [1.807, 2.05) is 11.1 Å². The maximum absolute atomic E-state index is 5.61. The molecule has 0 aliphatic carbocycles. The van der Waals surface area contributed by atoms with Crippen molar-refractivity contribution in [3.63, 3.8) is 0 Å². The predicted octanol–water partition coefficient (Wildman–Crippen LogP) is 0.498. The van der Waals surface area contributed by atoms with Crippen molar-refractivity contribution in [2.75, 3.05) is 18.6 Å². The molecule has 0 aromatic heterocycles. The molecule has 74 valence electrons. The first-order valence-electron chi connectivity index (χ1n) is 4.65. The van der Waals surface area contributed by atoms with E-state index in [4.69, 9.17) is 5.73 Å². The lowest BCUT2D eigenvalue weighted by atomic mass is 10.2. The Morgan fingerprint density at radius 2 is 2.29 bits per heavy atom. The Morgan fingerprint density at radius 3 is 3.07 bits per heavy atom. The monoisotopic (exact) mass is 190 g/mol. The zero-order chi connectivity index (χ0) is 9.97. The Bertz CT molecular complexity index is 359. The first-order chi connectivity index (χ1) is 6.81. The number of fused-ring (bicyclic) bond motifs is 1. The highest BCUT2D eigenvalue weighted by molar-refractivity contribution is 5.80. The SMILES string of the molecule is CN=C(N)NN1CCc2ccccc21. The van der Waals surface area contributed by atoms with Crippen LogP contribution in [0.15, 0.2) is 29.3 Å². The molecule has 4 heteroatoms. The molecule has 0 atom stereocenters. The summed E-state index contributed by atoms with van der Waals surface area (Å²) >= 11 is 0. The van der Waals surface area contributed by atoms with Gasteiger partial charge in [-0.1, -0.05) is 18.2 Å². The van der Waals surface area contributed by atoms with Gasteiger partial charge in [0.2, 0.25) is 5.96 Å². The second-order valence-corrected chi connectivity index (χ2v) is 3.25. The van der Waals surface area contributed by atoms with Crippen LogP contribution in [-0.4, -0.2) is 19.6 Å². The van der Waals surface area contributed by atoms with Crippen molar-refractivity contribution < 1.29 is 0 Å². The molecule has 2 rings (SSSR count). The first-order valence-corrected chi connectivity index (χ1v) is 4.65. The average Bonchev–Trinajstić information content (AvgIpc) is 2.62. The summed E-state index contributed by atoms with van der Waals surface area (Å²) in [6.07, 6.45) is 1.06. The van der Waals surface area contributed by atoms with Gasteiger partial charge < -0.3 is 5.73 Å². The van der Waals surface area contributed by atoms with Gasteiger partial charge in [-0.2, -0.15) is 0 Å². The van der Waals surface area contributed by atoms with Crippen LogP contribution in [0.25, 0.3) is 0 Å². The standard InChI is InChI=1S/C10H14N4/c1-12-10(11)13-14-7-6-8-4-2-3-5-9(8)14/h2-5H,6-7H2,1H3,(H3,11,12,13). The van der Waals surface area contributed by atoms with Gasteiger partial charge in [0.1, 0.15) is 0 Å². The molecule has 0 radical (unpaired) electrons. The fraction of sp³-hybridized carbons (Fsp3) is 0.300. The van der Waals surface area contributed by atoms with Gasteiger partial charge >= 0.3 is 0 Å². The van der Waals surface area contributed by atoms with Crippen LogP contribution in [0.2, 0.25) is 0 Å². The molecule has 0 spiro atoms. The molecule has 1 aromatic rings. The number of aliphatic imine (C=N–C) groups is 1. The van der Waals surface area contributed by atoms with Crippen molar-refractivity contribution in [2.24, 2.45) is 10.7 Å². The molecule has 0 amide bonds. The van der Waals surface area contributed by atoms with Crippen LogP contribution in [-0.2, 0) is 6.42 Å². The Kier molecular flexibility index (Phi) is 2.26. The Labute approximate surface area is 83.4 Å². The topological polar surface area (TPSA) is 53.6 Å². The van der Waals surface area contributed by atoms with Gasteiger partial charge in [-0.25, -0.2) is 0 Å². The third-order valence-corrected chi connectivity index (χ3v) is 2.38. The lowest BCUT2D eigenvalue weighted by Crippen LogP contribution is -2.45. The van der Waals surface area contributed by atoms with E-state index in [1.54, 1.807) is 7.05 Å². The summed E-state index contributed by atoms with van der Waals surface area (Å²) < 4.78 is 0. The molecule has 0 fully saturated rings. The maximum Gasteiger partial charge on any atom is 0.207 e. The highest BCUT2D eigenvalue weighted by Crippen LogP contribution is 2.25. The minimum absolute atomic E-state index is 0.446. The van der Waals surface area contributed by atoms with Crippen molar-refractivity contribution in [3.8, 4) is 0 Å². The van der Waals surface area contributed by atoms with Crippen molar-refractivity contribution in [1.29, 1.82) is 0 Å². The molecule has 1 aliphatic heterocycles. The second kappa shape index (κ2) is 3.57. The summed E-state index contributed by atoms with van der Waals surface area (Å²) in [5, 5.41) is 2.03. The number of para-hydroxylation sites is 1. The number of anilines is 1. The number of guanidine groups is 1. The van der Waals surface area contributed by atoms with Gasteiger partial charge in [0.25, 0.3) is 0 Å². The molecule has 0 saturated carbocycles. The molecule has 4 nitrogen and oxygen atoms in total. The Hall–Kier alpha value is -1.71. The Morgan fingerprint density at radius 1 is 1.50 bits per heavy atom. The van der Waals surface area contributed by atoms with E-state index in [0.29, 0.717) is 5.96 Å². The van der Waals surface area contributed by atoms with Gasteiger partial charge in [-0.3, -0.25) is 15.4 Å². The molecular weight excluding hydrogens is 176 g/mol. The lowest BCUT2D eigenvalue weighted by Gasteiger charge is -2.20. The third kappa shape index (κ3) is 1.51. The van der Waals surface area contributed by atoms with Crippen molar-refractivity contribution in [3.05, 3.63) is 29.8 Å². The van der Waals surface area contributed by atoms with E-state index in [1.165, 1.54) is 11.3 Å². The van der Waals surface area contributed by atoms with Crippen LogP contribution in [0.3, 0.4) is 0 Å². The smallest absolute Gasteiger partial charge is 0.207 e. The number of nitrogens with two attached hydrogens (primary N) is 1.